The predicted molar refractivity (Wildman–Crippen MR) is 96.7 cm³/mol. The van der Waals surface area contributed by atoms with E-state index in [1.807, 2.05) is 24.3 Å². The summed E-state index contributed by atoms with van der Waals surface area (Å²) in [6, 6.07) is 12.7. The largest absolute Gasteiger partial charge is 0.495 e. The highest BCUT2D eigenvalue weighted by Crippen LogP contribution is 2.33. The molecule has 0 saturated heterocycles. The van der Waals surface area contributed by atoms with Gasteiger partial charge in [0, 0.05) is 29.5 Å². The van der Waals surface area contributed by atoms with Gasteiger partial charge in [0.15, 0.2) is 0 Å². The third kappa shape index (κ3) is 3.05. The monoisotopic (exact) mass is 386 g/mol. The van der Waals surface area contributed by atoms with Crippen molar-refractivity contribution >= 4 is 44.2 Å². The Morgan fingerprint density at radius 3 is 2.58 bits per heavy atom. The number of fused-ring (bicyclic) bond motifs is 1. The van der Waals surface area contributed by atoms with Crippen LogP contribution in [-0.4, -0.2) is 23.8 Å². The fourth-order valence-corrected chi connectivity index (χ4v) is 3.04. The molecule has 1 aromatic heterocycles. The highest BCUT2D eigenvalue weighted by atomic mass is 79.9. The molecule has 122 valence electrons. The van der Waals surface area contributed by atoms with Gasteiger partial charge in [-0.25, -0.2) is 0 Å². The van der Waals surface area contributed by atoms with Crippen LogP contribution in [0.3, 0.4) is 0 Å². The number of aromatic amines is 1. The summed E-state index contributed by atoms with van der Waals surface area (Å²) in [5.74, 6) is 0.0651. The number of aromatic nitrogens is 1. The summed E-state index contributed by atoms with van der Waals surface area (Å²) in [5, 5.41) is 3.64. The van der Waals surface area contributed by atoms with Crippen molar-refractivity contribution in [1.29, 1.82) is 0 Å². The molecule has 3 aromatic rings. The maximum absolute atomic E-state index is 12.9. The van der Waals surface area contributed by atoms with Crippen LogP contribution in [0.1, 0.15) is 23.0 Å². The first-order valence-electron chi connectivity index (χ1n) is 7.27. The molecule has 0 spiro atoms. The Balaban J connectivity index is 2.10. The third-order valence-electron chi connectivity index (χ3n) is 3.62. The molecular formula is C18H15BrN2O3. The number of amides is 1. The van der Waals surface area contributed by atoms with Crippen LogP contribution in [-0.2, 0) is 4.79 Å². The van der Waals surface area contributed by atoms with Crippen molar-refractivity contribution in [2.75, 3.05) is 12.4 Å². The van der Waals surface area contributed by atoms with E-state index >= 15 is 0 Å². The molecule has 0 aliphatic carbocycles. The van der Waals surface area contributed by atoms with Crippen molar-refractivity contribution in [3.05, 3.63) is 58.2 Å². The second kappa shape index (κ2) is 6.49. The maximum atomic E-state index is 12.9. The van der Waals surface area contributed by atoms with E-state index in [1.165, 1.54) is 14.0 Å². The second-order valence-corrected chi connectivity index (χ2v) is 6.17. The molecule has 0 saturated carbocycles. The topological polar surface area (TPSA) is 71.2 Å². The number of hydrogen-bond acceptors (Lipinski definition) is 3. The molecule has 0 aliphatic rings. The third-order valence-corrected chi connectivity index (χ3v) is 4.24. The smallest absolute Gasteiger partial charge is 0.221 e. The minimum atomic E-state index is -0.259. The van der Waals surface area contributed by atoms with Crippen molar-refractivity contribution < 1.29 is 14.3 Å². The number of carbonyl (C=O) groups is 2. The number of H-pyrrole nitrogens is 1. The number of anilines is 1. The van der Waals surface area contributed by atoms with Crippen LogP contribution in [0, 0.1) is 0 Å². The summed E-state index contributed by atoms with van der Waals surface area (Å²) in [7, 11) is 1.52. The van der Waals surface area contributed by atoms with Gasteiger partial charge in [-0.3, -0.25) is 9.59 Å². The SMILES string of the molecule is COc1cc(NC(C)=O)c(C(=O)c2cc3ccccc3[nH]2)cc1Br. The van der Waals surface area contributed by atoms with Crippen LogP contribution in [0.5, 0.6) is 5.75 Å². The number of halogens is 1. The Labute approximate surface area is 147 Å². The Hall–Kier alpha value is -2.60. The number of carbonyl (C=O) groups excluding carboxylic acids is 2. The quantitative estimate of drug-likeness (QED) is 0.662. The zero-order chi connectivity index (χ0) is 17.3. The number of ketones is 1. The van der Waals surface area contributed by atoms with Crippen molar-refractivity contribution in [1.82, 2.24) is 4.98 Å². The summed E-state index contributed by atoms with van der Waals surface area (Å²) < 4.78 is 5.88. The summed E-state index contributed by atoms with van der Waals surface area (Å²) in [5.41, 5.74) is 2.13. The zero-order valence-electron chi connectivity index (χ0n) is 13.1. The van der Waals surface area contributed by atoms with Gasteiger partial charge in [-0.15, -0.1) is 0 Å². The Morgan fingerprint density at radius 1 is 1.17 bits per heavy atom. The second-order valence-electron chi connectivity index (χ2n) is 5.31. The number of rotatable bonds is 4. The summed E-state index contributed by atoms with van der Waals surface area (Å²) in [6.45, 7) is 1.39. The molecule has 24 heavy (non-hydrogen) atoms. The van der Waals surface area contributed by atoms with Crippen LogP contribution < -0.4 is 10.1 Å². The van der Waals surface area contributed by atoms with E-state index in [4.69, 9.17) is 4.74 Å². The van der Waals surface area contributed by atoms with Crippen LogP contribution in [0.2, 0.25) is 0 Å². The molecule has 2 aromatic carbocycles. The van der Waals surface area contributed by atoms with Gasteiger partial charge < -0.3 is 15.0 Å². The minimum absolute atomic E-state index is 0.210. The van der Waals surface area contributed by atoms with E-state index in [2.05, 4.69) is 26.2 Å². The van der Waals surface area contributed by atoms with Crippen LogP contribution >= 0.6 is 15.9 Å². The van der Waals surface area contributed by atoms with Gasteiger partial charge in [-0.1, -0.05) is 18.2 Å². The zero-order valence-corrected chi connectivity index (χ0v) is 14.7. The fourth-order valence-electron chi connectivity index (χ4n) is 2.53. The van der Waals surface area contributed by atoms with Crippen molar-refractivity contribution in [3.63, 3.8) is 0 Å². The number of para-hydroxylation sites is 1. The molecule has 5 nitrogen and oxygen atoms in total. The molecular weight excluding hydrogens is 372 g/mol. The molecule has 6 heteroatoms. The number of benzene rings is 2. The molecule has 0 unspecified atom stereocenters. The molecule has 1 heterocycles. The molecule has 0 bridgehead atoms. The molecule has 0 fully saturated rings. The van der Waals surface area contributed by atoms with E-state index in [0.29, 0.717) is 27.2 Å². The van der Waals surface area contributed by atoms with Gasteiger partial charge in [0.2, 0.25) is 11.7 Å². The molecule has 0 atom stereocenters. The Morgan fingerprint density at radius 2 is 1.92 bits per heavy atom. The van der Waals surface area contributed by atoms with E-state index in [0.717, 1.165) is 10.9 Å². The van der Waals surface area contributed by atoms with Crippen LogP contribution in [0.4, 0.5) is 5.69 Å². The molecule has 0 radical (unpaired) electrons. The van der Waals surface area contributed by atoms with Crippen LogP contribution in [0.15, 0.2) is 46.9 Å². The lowest BCUT2D eigenvalue weighted by molar-refractivity contribution is -0.114. The van der Waals surface area contributed by atoms with E-state index < -0.39 is 0 Å². The lowest BCUT2D eigenvalue weighted by Gasteiger charge is -2.12. The number of ether oxygens (including phenoxy) is 1. The van der Waals surface area contributed by atoms with Crippen molar-refractivity contribution in [2.24, 2.45) is 0 Å². The average Bonchev–Trinajstić information content (AvgIpc) is 2.99. The van der Waals surface area contributed by atoms with Gasteiger partial charge in [0.25, 0.3) is 0 Å². The van der Waals surface area contributed by atoms with E-state index in [-0.39, 0.29) is 11.7 Å². The highest BCUT2D eigenvalue weighted by Gasteiger charge is 2.19. The van der Waals surface area contributed by atoms with Crippen LogP contribution in [0.25, 0.3) is 10.9 Å². The first-order valence-corrected chi connectivity index (χ1v) is 8.06. The maximum Gasteiger partial charge on any atom is 0.221 e. The molecule has 2 N–H and O–H groups in total. The lowest BCUT2D eigenvalue weighted by atomic mass is 10.1. The van der Waals surface area contributed by atoms with Gasteiger partial charge in [0.05, 0.1) is 23.0 Å². The normalized spacial score (nSPS) is 10.6. The Bertz CT molecular complexity index is 914. The first-order chi connectivity index (χ1) is 11.5. The summed E-state index contributed by atoms with van der Waals surface area (Å²) in [4.78, 5) is 27.5. The van der Waals surface area contributed by atoms with Gasteiger partial charge in [-0.05, 0) is 34.1 Å². The lowest BCUT2D eigenvalue weighted by Crippen LogP contribution is -2.12. The summed E-state index contributed by atoms with van der Waals surface area (Å²) in [6.07, 6.45) is 0. The van der Waals surface area contributed by atoms with E-state index in [9.17, 15) is 9.59 Å². The highest BCUT2D eigenvalue weighted by molar-refractivity contribution is 9.10. The van der Waals surface area contributed by atoms with E-state index in [1.54, 1.807) is 18.2 Å². The predicted octanol–water partition coefficient (Wildman–Crippen LogP) is 4.13. The van der Waals surface area contributed by atoms with Crippen molar-refractivity contribution in [3.8, 4) is 5.75 Å². The summed E-state index contributed by atoms with van der Waals surface area (Å²) >= 11 is 3.38. The first kappa shape index (κ1) is 16.3. The molecule has 1 amide bonds. The van der Waals surface area contributed by atoms with Gasteiger partial charge in [-0.2, -0.15) is 0 Å². The minimum Gasteiger partial charge on any atom is -0.495 e. The number of hydrogen-bond donors (Lipinski definition) is 2. The van der Waals surface area contributed by atoms with Crippen molar-refractivity contribution in [2.45, 2.75) is 6.92 Å². The standard InChI is InChI=1S/C18H15BrN2O3/c1-10(22)20-15-9-17(24-2)13(19)8-12(15)18(23)16-7-11-5-3-4-6-14(11)21-16/h3-9,21H,1-2H3,(H,20,22). The molecule has 3 rings (SSSR count). The fraction of sp³-hybridized carbons (Fsp3) is 0.111. The average molecular weight is 387 g/mol. The number of nitrogens with one attached hydrogen (secondary N) is 2. The number of methoxy groups -OCH3 is 1. The Kier molecular flexibility index (Phi) is 4.40. The van der Waals surface area contributed by atoms with Gasteiger partial charge in [0.1, 0.15) is 5.75 Å². The van der Waals surface area contributed by atoms with Gasteiger partial charge >= 0.3 is 0 Å². The molecule has 0 aliphatic heterocycles.